The first-order valence-electron chi connectivity index (χ1n) is 11.1. The highest BCUT2D eigenvalue weighted by Gasteiger charge is 2.22. The number of phenols is 1. The second-order valence-corrected chi connectivity index (χ2v) is 8.30. The molecule has 0 spiro atoms. The summed E-state index contributed by atoms with van der Waals surface area (Å²) in [6.45, 7) is 3.89. The van der Waals surface area contributed by atoms with Crippen LogP contribution >= 0.6 is 0 Å². The van der Waals surface area contributed by atoms with Crippen LogP contribution in [0.15, 0.2) is 65.2 Å². The number of piperazine rings is 1. The Balaban J connectivity index is 1.33. The van der Waals surface area contributed by atoms with Gasteiger partial charge in [0.25, 0.3) is 0 Å². The summed E-state index contributed by atoms with van der Waals surface area (Å²) in [5.74, 6) is 0.799. The summed E-state index contributed by atoms with van der Waals surface area (Å²) in [7, 11) is 1.66. The molecule has 0 amide bonds. The van der Waals surface area contributed by atoms with Crippen LogP contribution in [0.3, 0.4) is 0 Å². The van der Waals surface area contributed by atoms with Crippen molar-refractivity contribution >= 4 is 16.7 Å². The number of para-hydroxylation sites is 1. The molecule has 1 fully saturated rings. The van der Waals surface area contributed by atoms with E-state index >= 15 is 0 Å². The highest BCUT2D eigenvalue weighted by molar-refractivity contribution is 5.84. The van der Waals surface area contributed by atoms with Crippen molar-refractivity contribution in [1.29, 1.82) is 0 Å². The smallest absolute Gasteiger partial charge is 0.175 e. The molecule has 0 saturated carbocycles. The van der Waals surface area contributed by atoms with E-state index < -0.39 is 0 Å². The molecule has 1 aliphatic rings. The number of nitrogens with zero attached hydrogens (tertiary/aromatic N) is 3. The Bertz CT molecular complexity index is 1250. The number of fused-ring (bicyclic) bond motifs is 1. The molecule has 1 saturated heterocycles. The third-order valence-corrected chi connectivity index (χ3v) is 6.29. The van der Waals surface area contributed by atoms with Crippen molar-refractivity contribution < 1.29 is 18.8 Å². The van der Waals surface area contributed by atoms with E-state index in [4.69, 9.17) is 9.26 Å². The number of methoxy groups -OCH3 is 1. The fourth-order valence-corrected chi connectivity index (χ4v) is 4.45. The standard InChI is InChI=1S/C26H26FN3O3/c1-32-25-5-3-2-4-18(25)16-23-21-10-11-24(31)22(26(21)33-28-23)17-29-12-14-30(15-13-29)20-8-6-19(27)7-9-20/h2-11,31H,12-17H2,1H3. The molecule has 1 N–H and O–H groups in total. The molecule has 0 unspecified atom stereocenters. The first-order valence-corrected chi connectivity index (χ1v) is 11.1. The summed E-state index contributed by atoms with van der Waals surface area (Å²) in [5, 5.41) is 15.8. The molecule has 0 atom stereocenters. The van der Waals surface area contributed by atoms with E-state index in [0.717, 1.165) is 59.8 Å². The van der Waals surface area contributed by atoms with Crippen LogP contribution in [0.2, 0.25) is 0 Å². The molecule has 0 aliphatic carbocycles. The lowest BCUT2D eigenvalue weighted by molar-refractivity contribution is 0.246. The molecule has 3 aromatic carbocycles. The first kappa shape index (κ1) is 21.3. The van der Waals surface area contributed by atoms with E-state index in [9.17, 15) is 9.50 Å². The molecular formula is C26H26FN3O3. The summed E-state index contributed by atoms with van der Waals surface area (Å²) >= 11 is 0. The van der Waals surface area contributed by atoms with E-state index in [1.807, 2.05) is 42.5 Å². The van der Waals surface area contributed by atoms with Crippen molar-refractivity contribution in [1.82, 2.24) is 10.1 Å². The predicted octanol–water partition coefficient (Wildman–Crippen LogP) is 4.59. The zero-order valence-corrected chi connectivity index (χ0v) is 18.5. The van der Waals surface area contributed by atoms with Gasteiger partial charge in [-0.15, -0.1) is 0 Å². The number of anilines is 1. The van der Waals surface area contributed by atoms with E-state index in [0.29, 0.717) is 18.5 Å². The van der Waals surface area contributed by atoms with Gasteiger partial charge in [-0.25, -0.2) is 4.39 Å². The fourth-order valence-electron chi connectivity index (χ4n) is 4.45. The zero-order valence-electron chi connectivity index (χ0n) is 18.5. The number of hydrogen-bond acceptors (Lipinski definition) is 6. The third-order valence-electron chi connectivity index (χ3n) is 6.29. The normalized spacial score (nSPS) is 14.7. The molecule has 0 bridgehead atoms. The van der Waals surface area contributed by atoms with Crippen molar-refractivity contribution in [2.45, 2.75) is 13.0 Å². The predicted molar refractivity (Wildman–Crippen MR) is 125 cm³/mol. The number of halogens is 1. The molecule has 5 rings (SSSR count). The van der Waals surface area contributed by atoms with Crippen molar-refractivity contribution in [2.75, 3.05) is 38.2 Å². The van der Waals surface area contributed by atoms with Gasteiger partial charge in [0.1, 0.15) is 17.3 Å². The molecule has 2 heterocycles. The SMILES string of the molecule is COc1ccccc1Cc1noc2c(CN3CCN(c4ccc(F)cc4)CC3)c(O)ccc12. The van der Waals surface area contributed by atoms with Crippen LogP contribution in [-0.2, 0) is 13.0 Å². The maximum Gasteiger partial charge on any atom is 0.175 e. The van der Waals surface area contributed by atoms with Crippen molar-refractivity contribution in [2.24, 2.45) is 0 Å². The van der Waals surface area contributed by atoms with Gasteiger partial charge >= 0.3 is 0 Å². The molecule has 1 aliphatic heterocycles. The second-order valence-electron chi connectivity index (χ2n) is 8.30. The van der Waals surface area contributed by atoms with Crippen molar-refractivity contribution in [3.8, 4) is 11.5 Å². The number of aromatic hydroxyl groups is 1. The Labute approximate surface area is 191 Å². The van der Waals surface area contributed by atoms with E-state index in [1.165, 1.54) is 12.1 Å². The van der Waals surface area contributed by atoms with Crippen molar-refractivity contribution in [3.05, 3.63) is 83.3 Å². The van der Waals surface area contributed by atoms with Crippen molar-refractivity contribution in [3.63, 3.8) is 0 Å². The quantitative estimate of drug-likeness (QED) is 0.466. The maximum atomic E-state index is 13.2. The molecule has 4 aromatic rings. The van der Waals surface area contributed by atoms with Gasteiger partial charge < -0.3 is 19.3 Å². The van der Waals surface area contributed by atoms with E-state index in [2.05, 4.69) is 15.0 Å². The Hall–Kier alpha value is -3.58. The minimum atomic E-state index is -0.224. The van der Waals surface area contributed by atoms with Crippen LogP contribution in [0.4, 0.5) is 10.1 Å². The summed E-state index contributed by atoms with van der Waals surface area (Å²) in [6.07, 6.45) is 0.581. The highest BCUT2D eigenvalue weighted by Crippen LogP contribution is 2.33. The molecule has 6 nitrogen and oxygen atoms in total. The van der Waals surface area contributed by atoms with Gasteiger partial charge in [-0.05, 0) is 42.5 Å². The van der Waals surface area contributed by atoms with E-state index in [1.54, 1.807) is 13.2 Å². The molecule has 170 valence electrons. The monoisotopic (exact) mass is 447 g/mol. The summed E-state index contributed by atoms with van der Waals surface area (Å²) in [6, 6.07) is 18.1. The maximum absolute atomic E-state index is 13.2. The molecule has 33 heavy (non-hydrogen) atoms. The highest BCUT2D eigenvalue weighted by atomic mass is 19.1. The number of rotatable bonds is 6. The lowest BCUT2D eigenvalue weighted by Crippen LogP contribution is -2.46. The fraction of sp³-hybridized carbons (Fsp3) is 0.269. The number of phenolic OH excluding ortho intramolecular Hbond substituents is 1. The Morgan fingerprint density at radius 3 is 2.52 bits per heavy atom. The van der Waals surface area contributed by atoms with Crippen LogP contribution in [0.25, 0.3) is 11.0 Å². The Morgan fingerprint density at radius 1 is 1.00 bits per heavy atom. The van der Waals surface area contributed by atoms with Gasteiger partial charge in [-0.3, -0.25) is 4.90 Å². The molecule has 7 heteroatoms. The average Bonchev–Trinajstić information content (AvgIpc) is 3.25. The largest absolute Gasteiger partial charge is 0.507 e. The second kappa shape index (κ2) is 9.11. The number of hydrogen-bond donors (Lipinski definition) is 1. The number of benzene rings is 3. The third kappa shape index (κ3) is 4.36. The van der Waals surface area contributed by atoms with Crippen LogP contribution in [0.1, 0.15) is 16.8 Å². The molecule has 1 aromatic heterocycles. The van der Waals surface area contributed by atoms with Gasteiger partial charge in [-0.1, -0.05) is 23.4 Å². The van der Waals surface area contributed by atoms with Crippen LogP contribution in [0, 0.1) is 5.82 Å². The zero-order chi connectivity index (χ0) is 22.8. The van der Waals surface area contributed by atoms with Crippen LogP contribution in [0.5, 0.6) is 11.5 Å². The minimum absolute atomic E-state index is 0.212. The van der Waals surface area contributed by atoms with Gasteiger partial charge in [0.15, 0.2) is 5.58 Å². The summed E-state index contributed by atoms with van der Waals surface area (Å²) < 4.78 is 24.4. The Morgan fingerprint density at radius 2 is 1.76 bits per heavy atom. The van der Waals surface area contributed by atoms with Crippen LogP contribution < -0.4 is 9.64 Å². The van der Waals surface area contributed by atoms with E-state index in [-0.39, 0.29) is 11.6 Å². The lowest BCUT2D eigenvalue weighted by Gasteiger charge is -2.36. The number of aromatic nitrogens is 1. The van der Waals surface area contributed by atoms with Gasteiger partial charge in [0.05, 0.1) is 18.4 Å². The van der Waals surface area contributed by atoms with Gasteiger partial charge in [-0.2, -0.15) is 0 Å². The van der Waals surface area contributed by atoms with Gasteiger partial charge in [0, 0.05) is 55.8 Å². The molecular weight excluding hydrogens is 421 g/mol. The Kier molecular flexibility index (Phi) is 5.88. The topological polar surface area (TPSA) is 62.0 Å². The first-order chi connectivity index (χ1) is 16.1. The van der Waals surface area contributed by atoms with Crippen LogP contribution in [-0.4, -0.2) is 48.5 Å². The number of ether oxygens (including phenoxy) is 1. The lowest BCUT2D eigenvalue weighted by atomic mass is 10.0. The summed E-state index contributed by atoms with van der Waals surface area (Å²) in [5.41, 5.74) is 4.25. The minimum Gasteiger partial charge on any atom is -0.507 e. The summed E-state index contributed by atoms with van der Waals surface area (Å²) in [4.78, 5) is 4.53. The molecule has 0 radical (unpaired) electrons. The van der Waals surface area contributed by atoms with Gasteiger partial charge in [0.2, 0.25) is 0 Å². The average molecular weight is 448 g/mol.